The lowest BCUT2D eigenvalue weighted by molar-refractivity contribution is -0.144. The minimum Gasteiger partial charge on any atom is -0.465 e. The lowest BCUT2D eigenvalue weighted by Gasteiger charge is -2.19. The molecule has 0 fully saturated rings. The monoisotopic (exact) mass is 189 g/mol. The predicted octanol–water partition coefficient (Wildman–Crippen LogP) is 1.21. The molecular formula is C8H19NO2Si. The van der Waals surface area contributed by atoms with E-state index < -0.39 is 14.1 Å². The normalized spacial score (nSPS) is 14.1. The molecule has 12 heavy (non-hydrogen) atoms. The zero-order valence-corrected chi connectivity index (χ0v) is 9.39. The Morgan fingerprint density at radius 3 is 2.33 bits per heavy atom. The van der Waals surface area contributed by atoms with Gasteiger partial charge in [0, 0.05) is 8.07 Å². The molecule has 0 aromatic heterocycles. The predicted molar refractivity (Wildman–Crippen MR) is 52.8 cm³/mol. The SMILES string of the molecule is CCOC(=O)[C@H](N)C[Si](C)(C)C. The number of carbonyl (C=O) groups is 1. The quantitative estimate of drug-likeness (QED) is 0.534. The van der Waals surface area contributed by atoms with Crippen molar-refractivity contribution in [1.29, 1.82) is 0 Å². The van der Waals surface area contributed by atoms with Gasteiger partial charge < -0.3 is 10.5 Å². The molecule has 0 aliphatic rings. The first kappa shape index (κ1) is 11.6. The van der Waals surface area contributed by atoms with Gasteiger partial charge >= 0.3 is 5.97 Å². The summed E-state index contributed by atoms with van der Waals surface area (Å²) in [5, 5.41) is 0. The third-order valence-electron chi connectivity index (χ3n) is 1.42. The second-order valence-electron chi connectivity index (χ2n) is 4.12. The third kappa shape index (κ3) is 5.32. The Morgan fingerprint density at radius 1 is 1.50 bits per heavy atom. The molecule has 0 saturated heterocycles. The van der Waals surface area contributed by atoms with Crippen molar-refractivity contribution in [2.45, 2.75) is 38.7 Å². The van der Waals surface area contributed by atoms with Gasteiger partial charge in [0.25, 0.3) is 0 Å². The molecular weight excluding hydrogens is 170 g/mol. The molecule has 0 bridgehead atoms. The highest BCUT2D eigenvalue weighted by Crippen LogP contribution is 2.10. The first-order chi connectivity index (χ1) is 5.37. The number of nitrogens with two attached hydrogens (primary N) is 1. The van der Waals surface area contributed by atoms with Gasteiger partial charge in [-0.1, -0.05) is 19.6 Å². The molecule has 3 nitrogen and oxygen atoms in total. The van der Waals surface area contributed by atoms with Crippen LogP contribution in [0.2, 0.25) is 25.7 Å². The molecule has 0 saturated carbocycles. The van der Waals surface area contributed by atoms with Gasteiger partial charge in [0.2, 0.25) is 0 Å². The van der Waals surface area contributed by atoms with Gasteiger partial charge in [-0.25, -0.2) is 0 Å². The molecule has 0 aliphatic carbocycles. The first-order valence-corrected chi connectivity index (χ1v) is 7.99. The smallest absolute Gasteiger partial charge is 0.322 e. The Bertz CT molecular complexity index is 154. The number of rotatable bonds is 4. The van der Waals surface area contributed by atoms with Gasteiger partial charge in [0.1, 0.15) is 6.04 Å². The molecule has 1 atom stereocenters. The standard InChI is InChI=1S/C8H19NO2Si/c1-5-11-8(10)7(9)6-12(2,3)4/h7H,5-6,9H2,1-4H3/t7-/m1/s1. The van der Waals surface area contributed by atoms with Crippen LogP contribution in [0.3, 0.4) is 0 Å². The van der Waals surface area contributed by atoms with Crippen LogP contribution in [0.25, 0.3) is 0 Å². The van der Waals surface area contributed by atoms with Crippen LogP contribution in [-0.2, 0) is 9.53 Å². The Morgan fingerprint density at radius 2 is 2.00 bits per heavy atom. The molecule has 0 aromatic carbocycles. The van der Waals surface area contributed by atoms with Gasteiger partial charge in [-0.2, -0.15) is 0 Å². The van der Waals surface area contributed by atoms with Crippen LogP contribution in [0.1, 0.15) is 6.92 Å². The summed E-state index contributed by atoms with van der Waals surface area (Å²) < 4.78 is 4.81. The lowest BCUT2D eigenvalue weighted by Crippen LogP contribution is -2.39. The Hall–Kier alpha value is -0.353. The van der Waals surface area contributed by atoms with Gasteiger partial charge in [-0.3, -0.25) is 4.79 Å². The zero-order valence-electron chi connectivity index (χ0n) is 8.39. The topological polar surface area (TPSA) is 52.3 Å². The van der Waals surface area contributed by atoms with E-state index in [4.69, 9.17) is 10.5 Å². The van der Waals surface area contributed by atoms with Crippen LogP contribution in [0.4, 0.5) is 0 Å². The molecule has 0 radical (unpaired) electrons. The van der Waals surface area contributed by atoms with E-state index in [9.17, 15) is 4.79 Å². The highest BCUT2D eigenvalue weighted by atomic mass is 28.3. The summed E-state index contributed by atoms with van der Waals surface area (Å²) in [7, 11) is -1.24. The van der Waals surface area contributed by atoms with Crippen LogP contribution in [-0.4, -0.2) is 26.7 Å². The minimum absolute atomic E-state index is 0.264. The van der Waals surface area contributed by atoms with Crippen molar-refractivity contribution in [3.8, 4) is 0 Å². The summed E-state index contributed by atoms with van der Waals surface area (Å²) in [6.45, 7) is 8.77. The van der Waals surface area contributed by atoms with E-state index in [1.807, 2.05) is 0 Å². The second kappa shape index (κ2) is 4.62. The van der Waals surface area contributed by atoms with E-state index in [0.717, 1.165) is 6.04 Å². The fraction of sp³-hybridized carbons (Fsp3) is 0.875. The van der Waals surface area contributed by atoms with E-state index >= 15 is 0 Å². The largest absolute Gasteiger partial charge is 0.465 e. The van der Waals surface area contributed by atoms with Gasteiger partial charge in [-0.15, -0.1) is 0 Å². The molecule has 0 heterocycles. The van der Waals surface area contributed by atoms with Crippen molar-refractivity contribution in [2.24, 2.45) is 5.73 Å². The molecule has 2 N–H and O–H groups in total. The average Bonchev–Trinajstić information content (AvgIpc) is 1.84. The van der Waals surface area contributed by atoms with E-state index in [1.54, 1.807) is 6.92 Å². The van der Waals surface area contributed by atoms with Crippen molar-refractivity contribution in [3.63, 3.8) is 0 Å². The summed E-state index contributed by atoms with van der Waals surface area (Å²) in [6, 6.07) is 0.378. The fourth-order valence-corrected chi connectivity index (χ4v) is 2.48. The van der Waals surface area contributed by atoms with Gasteiger partial charge in [0.15, 0.2) is 0 Å². The maximum atomic E-state index is 11.1. The second-order valence-corrected chi connectivity index (χ2v) is 9.65. The summed E-state index contributed by atoms with van der Waals surface area (Å²) in [4.78, 5) is 11.1. The summed E-state index contributed by atoms with van der Waals surface area (Å²) in [5.74, 6) is -0.264. The van der Waals surface area contributed by atoms with Crippen LogP contribution < -0.4 is 5.73 Å². The molecule has 0 rings (SSSR count). The average molecular weight is 189 g/mol. The first-order valence-electron chi connectivity index (χ1n) is 4.29. The molecule has 0 unspecified atom stereocenters. The van der Waals surface area contributed by atoms with Crippen molar-refractivity contribution >= 4 is 14.0 Å². The molecule has 0 amide bonds. The summed E-state index contributed by atoms with van der Waals surface area (Å²) >= 11 is 0. The van der Waals surface area contributed by atoms with Crippen LogP contribution in [0.15, 0.2) is 0 Å². The summed E-state index contributed by atoms with van der Waals surface area (Å²) in [5.41, 5.74) is 5.65. The number of carbonyl (C=O) groups excluding carboxylic acids is 1. The molecule has 0 aromatic rings. The van der Waals surface area contributed by atoms with Crippen molar-refractivity contribution in [2.75, 3.05) is 6.61 Å². The Kier molecular flexibility index (Phi) is 4.48. The zero-order chi connectivity index (χ0) is 9.78. The number of hydrogen-bond acceptors (Lipinski definition) is 3. The number of ether oxygens (including phenoxy) is 1. The number of hydrogen-bond donors (Lipinski definition) is 1. The minimum atomic E-state index is -1.24. The molecule has 4 heteroatoms. The van der Waals surface area contributed by atoms with Crippen molar-refractivity contribution in [1.82, 2.24) is 0 Å². The van der Waals surface area contributed by atoms with E-state index in [0.29, 0.717) is 6.61 Å². The van der Waals surface area contributed by atoms with Crippen LogP contribution in [0.5, 0.6) is 0 Å². The van der Waals surface area contributed by atoms with Crippen molar-refractivity contribution in [3.05, 3.63) is 0 Å². The Labute approximate surface area is 75.3 Å². The van der Waals surface area contributed by atoms with Gasteiger partial charge in [0.05, 0.1) is 6.61 Å². The fourth-order valence-electron chi connectivity index (χ4n) is 0.992. The maximum Gasteiger partial charge on any atom is 0.322 e. The number of esters is 1. The summed E-state index contributed by atoms with van der Waals surface area (Å²) in [6.07, 6.45) is 0. The molecule has 72 valence electrons. The van der Waals surface area contributed by atoms with E-state index in [2.05, 4.69) is 19.6 Å². The molecule has 0 spiro atoms. The highest BCUT2D eigenvalue weighted by molar-refractivity contribution is 6.76. The van der Waals surface area contributed by atoms with Gasteiger partial charge in [-0.05, 0) is 13.0 Å². The maximum absolute atomic E-state index is 11.1. The van der Waals surface area contributed by atoms with Crippen LogP contribution >= 0.6 is 0 Å². The lowest BCUT2D eigenvalue weighted by atomic mass is 10.4. The Balaban J connectivity index is 3.87. The third-order valence-corrected chi connectivity index (χ3v) is 3.09. The van der Waals surface area contributed by atoms with E-state index in [-0.39, 0.29) is 5.97 Å². The van der Waals surface area contributed by atoms with Crippen molar-refractivity contribution < 1.29 is 9.53 Å². The highest BCUT2D eigenvalue weighted by Gasteiger charge is 2.23. The molecule has 0 aliphatic heterocycles. The van der Waals surface area contributed by atoms with E-state index in [1.165, 1.54) is 0 Å². The van der Waals surface area contributed by atoms with Crippen LogP contribution in [0, 0.1) is 0 Å².